The molecule has 0 saturated carbocycles. The summed E-state index contributed by atoms with van der Waals surface area (Å²) in [5.74, 6) is 0.688. The van der Waals surface area contributed by atoms with Crippen LogP contribution in [0, 0.1) is 13.8 Å². The SMILES string of the molecule is Cc1cc2cc([C@@H](c3nnnn3C[C@@H]3CCCO3)N3CCc4ccccc4C3)c(=O)[nH]c2cc1C. The van der Waals surface area contributed by atoms with Gasteiger partial charge in [0.15, 0.2) is 5.82 Å². The molecule has 2 atom stereocenters. The quantitative estimate of drug-likeness (QED) is 0.481. The predicted octanol–water partition coefficient (Wildman–Crippen LogP) is 3.46. The van der Waals surface area contributed by atoms with E-state index in [-0.39, 0.29) is 17.7 Å². The van der Waals surface area contributed by atoms with Crippen LogP contribution in [0.3, 0.4) is 0 Å². The maximum absolute atomic E-state index is 13.5. The van der Waals surface area contributed by atoms with Crippen molar-refractivity contribution < 1.29 is 4.74 Å². The van der Waals surface area contributed by atoms with Crippen LogP contribution >= 0.6 is 0 Å². The van der Waals surface area contributed by atoms with E-state index >= 15 is 0 Å². The van der Waals surface area contributed by atoms with Gasteiger partial charge in [0.1, 0.15) is 6.04 Å². The fraction of sp³-hybridized carbons (Fsp3) is 0.407. The summed E-state index contributed by atoms with van der Waals surface area (Å²) in [4.78, 5) is 19.0. The summed E-state index contributed by atoms with van der Waals surface area (Å²) in [6.07, 6.45) is 3.07. The third-order valence-corrected chi connectivity index (χ3v) is 7.51. The molecule has 0 unspecified atom stereocenters. The van der Waals surface area contributed by atoms with Gasteiger partial charge in [0.25, 0.3) is 5.56 Å². The molecule has 35 heavy (non-hydrogen) atoms. The first-order valence-corrected chi connectivity index (χ1v) is 12.4. The average molecular weight is 471 g/mol. The number of benzene rings is 2. The second-order valence-corrected chi connectivity index (χ2v) is 9.82. The third kappa shape index (κ3) is 4.17. The standard InChI is InChI=1S/C27H30N6O2/c1-17-12-21-14-23(27(34)28-24(21)13-18(17)2)25(32-10-9-19-6-3-4-7-20(19)15-32)26-29-30-31-33(26)16-22-8-5-11-35-22/h3-4,6-7,12-14,22,25H,5,8-11,15-16H2,1-2H3,(H,28,34)/t22-,25-/m0/s1. The van der Waals surface area contributed by atoms with Gasteiger partial charge in [-0.1, -0.05) is 24.3 Å². The molecule has 0 radical (unpaired) electrons. The van der Waals surface area contributed by atoms with Gasteiger partial charge in [-0.05, 0) is 89.4 Å². The van der Waals surface area contributed by atoms with Crippen LogP contribution in [0.5, 0.6) is 0 Å². The molecule has 0 bridgehead atoms. The molecule has 1 fully saturated rings. The first-order chi connectivity index (χ1) is 17.1. The molecule has 2 aliphatic rings. The fourth-order valence-electron chi connectivity index (χ4n) is 5.45. The third-order valence-electron chi connectivity index (χ3n) is 7.51. The van der Waals surface area contributed by atoms with Gasteiger partial charge in [0.05, 0.1) is 12.6 Å². The van der Waals surface area contributed by atoms with Crippen LogP contribution in [0.15, 0.2) is 47.3 Å². The number of tetrazole rings is 1. The lowest BCUT2D eigenvalue weighted by Gasteiger charge is -2.35. The summed E-state index contributed by atoms with van der Waals surface area (Å²) in [7, 11) is 0. The molecule has 8 heteroatoms. The molecule has 2 aromatic heterocycles. The molecule has 4 aromatic rings. The molecule has 6 rings (SSSR count). The lowest BCUT2D eigenvalue weighted by molar-refractivity contribution is 0.0904. The highest BCUT2D eigenvalue weighted by Gasteiger charge is 2.33. The van der Waals surface area contributed by atoms with Gasteiger partial charge in [-0.25, -0.2) is 4.68 Å². The Labute approximate surface area is 203 Å². The van der Waals surface area contributed by atoms with Crippen molar-refractivity contribution in [3.8, 4) is 0 Å². The van der Waals surface area contributed by atoms with Crippen LogP contribution in [0.25, 0.3) is 10.9 Å². The average Bonchev–Trinajstić information content (AvgIpc) is 3.54. The highest BCUT2D eigenvalue weighted by Crippen LogP contribution is 2.32. The minimum atomic E-state index is -0.366. The molecular weight excluding hydrogens is 440 g/mol. The molecule has 2 aliphatic heterocycles. The van der Waals surface area contributed by atoms with Gasteiger partial charge < -0.3 is 9.72 Å². The topological polar surface area (TPSA) is 88.9 Å². The van der Waals surface area contributed by atoms with Gasteiger partial charge in [0, 0.05) is 30.8 Å². The maximum Gasteiger partial charge on any atom is 0.253 e. The zero-order valence-electron chi connectivity index (χ0n) is 20.2. The van der Waals surface area contributed by atoms with E-state index in [0.29, 0.717) is 17.9 Å². The number of aromatic amines is 1. The first kappa shape index (κ1) is 22.1. The zero-order valence-corrected chi connectivity index (χ0v) is 20.2. The number of fused-ring (bicyclic) bond motifs is 2. The monoisotopic (exact) mass is 470 g/mol. The van der Waals surface area contributed by atoms with Crippen molar-refractivity contribution in [3.05, 3.63) is 86.5 Å². The van der Waals surface area contributed by atoms with Gasteiger partial charge in [-0.3, -0.25) is 9.69 Å². The van der Waals surface area contributed by atoms with Gasteiger partial charge in [-0.15, -0.1) is 5.10 Å². The minimum absolute atomic E-state index is 0.0977. The summed E-state index contributed by atoms with van der Waals surface area (Å²) in [6.45, 7) is 7.08. The smallest absolute Gasteiger partial charge is 0.253 e. The summed E-state index contributed by atoms with van der Waals surface area (Å²) < 4.78 is 7.71. The lowest BCUT2D eigenvalue weighted by Crippen LogP contribution is -2.39. The largest absolute Gasteiger partial charge is 0.376 e. The van der Waals surface area contributed by atoms with Crippen LogP contribution in [-0.2, 0) is 24.2 Å². The number of aromatic nitrogens is 5. The van der Waals surface area contributed by atoms with Crippen molar-refractivity contribution in [2.75, 3.05) is 13.2 Å². The first-order valence-electron chi connectivity index (χ1n) is 12.4. The molecule has 0 aliphatic carbocycles. The number of rotatable bonds is 5. The Morgan fingerprint density at radius 1 is 1.14 bits per heavy atom. The van der Waals surface area contributed by atoms with E-state index in [2.05, 4.69) is 69.6 Å². The normalized spacial score (nSPS) is 19.2. The Morgan fingerprint density at radius 3 is 2.80 bits per heavy atom. The number of ether oxygens (including phenoxy) is 1. The minimum Gasteiger partial charge on any atom is -0.376 e. The van der Waals surface area contributed by atoms with Crippen molar-refractivity contribution in [2.24, 2.45) is 0 Å². The van der Waals surface area contributed by atoms with Crippen molar-refractivity contribution >= 4 is 10.9 Å². The Hall–Kier alpha value is -3.36. The van der Waals surface area contributed by atoms with Crippen LogP contribution in [0.4, 0.5) is 0 Å². The van der Waals surface area contributed by atoms with Crippen LogP contribution in [0.2, 0.25) is 0 Å². The van der Waals surface area contributed by atoms with E-state index in [1.807, 2.05) is 16.8 Å². The van der Waals surface area contributed by atoms with Crippen molar-refractivity contribution in [1.29, 1.82) is 0 Å². The second kappa shape index (κ2) is 9.02. The number of nitrogens with zero attached hydrogens (tertiary/aromatic N) is 5. The summed E-state index contributed by atoms with van der Waals surface area (Å²) in [5.41, 5.74) is 6.42. The molecule has 0 spiro atoms. The molecule has 2 aromatic carbocycles. The Kier molecular flexibility index (Phi) is 5.70. The Bertz CT molecular complexity index is 1440. The molecule has 8 nitrogen and oxygen atoms in total. The van der Waals surface area contributed by atoms with E-state index in [1.165, 1.54) is 16.7 Å². The molecule has 0 amide bonds. The Morgan fingerprint density at radius 2 is 1.97 bits per heavy atom. The molecule has 180 valence electrons. The van der Waals surface area contributed by atoms with E-state index in [4.69, 9.17) is 4.74 Å². The highest BCUT2D eigenvalue weighted by molar-refractivity contribution is 5.81. The molecule has 1 saturated heterocycles. The number of nitrogens with one attached hydrogen (secondary N) is 1. The number of hydrogen-bond acceptors (Lipinski definition) is 6. The van der Waals surface area contributed by atoms with E-state index < -0.39 is 0 Å². The summed E-state index contributed by atoms with van der Waals surface area (Å²) >= 11 is 0. The number of hydrogen-bond donors (Lipinski definition) is 1. The van der Waals surface area contributed by atoms with Gasteiger partial charge >= 0.3 is 0 Å². The summed E-state index contributed by atoms with van der Waals surface area (Å²) in [5, 5.41) is 13.8. The van der Waals surface area contributed by atoms with Gasteiger partial charge in [-0.2, -0.15) is 0 Å². The van der Waals surface area contributed by atoms with Crippen LogP contribution in [0.1, 0.15) is 52.5 Å². The van der Waals surface area contributed by atoms with Crippen molar-refractivity contribution in [2.45, 2.75) is 58.3 Å². The van der Waals surface area contributed by atoms with Gasteiger partial charge in [0.2, 0.25) is 0 Å². The van der Waals surface area contributed by atoms with Crippen LogP contribution < -0.4 is 5.56 Å². The van der Waals surface area contributed by atoms with Crippen LogP contribution in [-0.4, -0.2) is 49.3 Å². The molecule has 4 heterocycles. The number of H-pyrrole nitrogens is 1. The Balaban J connectivity index is 1.47. The number of aryl methyl sites for hydroxylation is 2. The lowest BCUT2D eigenvalue weighted by atomic mass is 9.95. The zero-order chi connectivity index (χ0) is 23.9. The van der Waals surface area contributed by atoms with Crippen molar-refractivity contribution in [1.82, 2.24) is 30.1 Å². The maximum atomic E-state index is 13.5. The fourth-order valence-corrected chi connectivity index (χ4v) is 5.45. The van der Waals surface area contributed by atoms with E-state index in [1.54, 1.807) is 0 Å². The predicted molar refractivity (Wildman–Crippen MR) is 133 cm³/mol. The second-order valence-electron chi connectivity index (χ2n) is 9.82. The molecule has 1 N–H and O–H groups in total. The summed E-state index contributed by atoms with van der Waals surface area (Å²) in [6, 6.07) is 14.4. The van der Waals surface area contributed by atoms with E-state index in [9.17, 15) is 4.79 Å². The van der Waals surface area contributed by atoms with E-state index in [0.717, 1.165) is 55.4 Å². The molecular formula is C27H30N6O2. The number of pyridine rings is 1. The highest BCUT2D eigenvalue weighted by atomic mass is 16.5. The van der Waals surface area contributed by atoms with Crippen molar-refractivity contribution in [3.63, 3.8) is 0 Å².